The lowest BCUT2D eigenvalue weighted by Crippen LogP contribution is -2.48. The van der Waals surface area contributed by atoms with Gasteiger partial charge < -0.3 is 19.8 Å². The lowest BCUT2D eigenvalue weighted by atomic mass is 9.85. The van der Waals surface area contributed by atoms with Gasteiger partial charge in [-0.2, -0.15) is 5.10 Å². The summed E-state index contributed by atoms with van der Waals surface area (Å²) in [5.41, 5.74) is 1.40. The highest BCUT2D eigenvalue weighted by Gasteiger charge is 2.32. The van der Waals surface area contributed by atoms with Crippen molar-refractivity contribution in [2.24, 2.45) is 0 Å². The SMILES string of the molecule is Cl.OC(COc1ccc(-n2cncn2)cc1)CN1CCC(O)(Cc2ccccc2)CC1. The van der Waals surface area contributed by atoms with Gasteiger partial charge in [-0.15, -0.1) is 12.4 Å². The van der Waals surface area contributed by atoms with Gasteiger partial charge in [0.05, 0.1) is 11.3 Å². The molecule has 1 unspecified atom stereocenters. The Morgan fingerprint density at radius 2 is 1.74 bits per heavy atom. The number of aromatic nitrogens is 3. The van der Waals surface area contributed by atoms with Gasteiger partial charge in [0.25, 0.3) is 0 Å². The summed E-state index contributed by atoms with van der Waals surface area (Å²) in [4.78, 5) is 6.13. The van der Waals surface area contributed by atoms with Crippen molar-refractivity contribution in [3.05, 3.63) is 72.8 Å². The molecule has 1 aliphatic rings. The first kappa shape index (κ1) is 23.2. The van der Waals surface area contributed by atoms with Crippen LogP contribution < -0.4 is 4.74 Å². The highest BCUT2D eigenvalue weighted by atomic mass is 35.5. The number of β-amino-alcohol motifs (C(OH)–C–C–N with tert-alkyl or cyclic N) is 1. The molecule has 0 aliphatic carbocycles. The Balaban J connectivity index is 0.00000272. The first-order chi connectivity index (χ1) is 14.6. The molecule has 1 fully saturated rings. The topological polar surface area (TPSA) is 83.6 Å². The molecule has 0 radical (unpaired) electrons. The number of halogens is 1. The van der Waals surface area contributed by atoms with Crippen LogP contribution in [0.15, 0.2) is 67.3 Å². The number of rotatable bonds is 8. The maximum atomic E-state index is 10.9. The largest absolute Gasteiger partial charge is 0.491 e. The second-order valence-corrected chi connectivity index (χ2v) is 7.99. The molecule has 1 aliphatic heterocycles. The Hall–Kier alpha value is -2.45. The molecule has 7 nitrogen and oxygen atoms in total. The highest BCUT2D eigenvalue weighted by molar-refractivity contribution is 5.85. The van der Waals surface area contributed by atoms with E-state index in [1.807, 2.05) is 42.5 Å². The molecule has 0 amide bonds. The van der Waals surface area contributed by atoms with Crippen LogP contribution in [0.4, 0.5) is 0 Å². The van der Waals surface area contributed by atoms with Gasteiger partial charge in [-0.25, -0.2) is 9.67 Å². The summed E-state index contributed by atoms with van der Waals surface area (Å²) < 4.78 is 7.40. The van der Waals surface area contributed by atoms with Crippen LogP contribution >= 0.6 is 12.4 Å². The molecule has 2 aromatic carbocycles. The lowest BCUT2D eigenvalue weighted by molar-refractivity contribution is -0.0325. The minimum atomic E-state index is -0.662. The molecule has 8 heteroatoms. The summed E-state index contributed by atoms with van der Waals surface area (Å²) >= 11 is 0. The predicted octanol–water partition coefficient (Wildman–Crippen LogP) is 2.50. The Morgan fingerprint density at radius 3 is 2.39 bits per heavy atom. The Labute approximate surface area is 188 Å². The van der Waals surface area contributed by atoms with Crippen LogP contribution in [0.3, 0.4) is 0 Å². The van der Waals surface area contributed by atoms with Crippen molar-refractivity contribution in [2.75, 3.05) is 26.2 Å². The van der Waals surface area contributed by atoms with E-state index in [0.717, 1.165) is 24.3 Å². The van der Waals surface area contributed by atoms with Crippen LogP contribution in [0.2, 0.25) is 0 Å². The normalized spacial score (nSPS) is 17.0. The van der Waals surface area contributed by atoms with E-state index in [2.05, 4.69) is 27.1 Å². The van der Waals surface area contributed by atoms with E-state index >= 15 is 0 Å². The third-order valence-corrected chi connectivity index (χ3v) is 5.59. The minimum Gasteiger partial charge on any atom is -0.491 e. The zero-order valence-corrected chi connectivity index (χ0v) is 18.2. The zero-order valence-electron chi connectivity index (χ0n) is 17.4. The monoisotopic (exact) mass is 444 g/mol. The third kappa shape index (κ3) is 6.51. The van der Waals surface area contributed by atoms with E-state index in [0.29, 0.717) is 31.6 Å². The van der Waals surface area contributed by atoms with Gasteiger partial charge in [0, 0.05) is 26.1 Å². The van der Waals surface area contributed by atoms with Crippen LogP contribution in [-0.4, -0.2) is 67.8 Å². The van der Waals surface area contributed by atoms with E-state index in [1.165, 1.54) is 6.33 Å². The van der Waals surface area contributed by atoms with Crippen LogP contribution in [0, 0.1) is 0 Å². The zero-order chi connectivity index (χ0) is 20.8. The van der Waals surface area contributed by atoms with Crippen LogP contribution in [-0.2, 0) is 6.42 Å². The Bertz CT molecular complexity index is 898. The van der Waals surface area contributed by atoms with Gasteiger partial charge in [0.1, 0.15) is 31.1 Å². The summed E-state index contributed by atoms with van der Waals surface area (Å²) in [6.07, 6.45) is 4.64. The first-order valence-electron chi connectivity index (χ1n) is 10.3. The van der Waals surface area contributed by atoms with Crippen molar-refractivity contribution in [3.63, 3.8) is 0 Å². The van der Waals surface area contributed by atoms with Gasteiger partial charge in [-0.3, -0.25) is 0 Å². The van der Waals surface area contributed by atoms with Crippen molar-refractivity contribution in [1.82, 2.24) is 19.7 Å². The van der Waals surface area contributed by atoms with Crippen molar-refractivity contribution in [3.8, 4) is 11.4 Å². The van der Waals surface area contributed by atoms with Crippen molar-refractivity contribution < 1.29 is 14.9 Å². The first-order valence-corrected chi connectivity index (χ1v) is 10.3. The average molecular weight is 445 g/mol. The van der Waals surface area contributed by atoms with Gasteiger partial charge in [-0.1, -0.05) is 30.3 Å². The molecule has 4 rings (SSSR count). The van der Waals surface area contributed by atoms with Gasteiger partial charge in [0.15, 0.2) is 0 Å². The maximum absolute atomic E-state index is 10.9. The fourth-order valence-electron chi connectivity index (χ4n) is 3.88. The van der Waals surface area contributed by atoms with E-state index in [9.17, 15) is 10.2 Å². The molecule has 2 N–H and O–H groups in total. The number of ether oxygens (including phenoxy) is 1. The number of likely N-dealkylation sites (tertiary alicyclic amines) is 1. The number of hydrogen-bond acceptors (Lipinski definition) is 6. The fourth-order valence-corrected chi connectivity index (χ4v) is 3.88. The van der Waals surface area contributed by atoms with Crippen LogP contribution in [0.25, 0.3) is 5.69 Å². The number of nitrogens with zero attached hydrogens (tertiary/aromatic N) is 4. The summed E-state index contributed by atoms with van der Waals surface area (Å²) in [6, 6.07) is 17.6. The standard InChI is InChI=1S/C23H28N4O3.ClH/c28-21(16-30-22-8-6-20(7-9-22)27-18-24-17-25-27)15-26-12-10-23(29,11-13-26)14-19-4-2-1-3-5-19;/h1-9,17-18,21,28-29H,10-16H2;1H. The molecular weight excluding hydrogens is 416 g/mol. The van der Waals surface area contributed by atoms with Crippen molar-refractivity contribution in [1.29, 1.82) is 0 Å². The molecule has 2 heterocycles. The smallest absolute Gasteiger partial charge is 0.138 e. The second kappa shape index (κ2) is 10.7. The second-order valence-electron chi connectivity index (χ2n) is 7.99. The molecular formula is C23H29ClN4O3. The fraction of sp³-hybridized carbons (Fsp3) is 0.391. The molecule has 31 heavy (non-hydrogen) atoms. The number of piperidine rings is 1. The number of hydrogen-bond donors (Lipinski definition) is 2. The van der Waals surface area contributed by atoms with E-state index in [1.54, 1.807) is 11.0 Å². The highest BCUT2D eigenvalue weighted by Crippen LogP contribution is 2.26. The van der Waals surface area contributed by atoms with E-state index in [-0.39, 0.29) is 19.0 Å². The number of aliphatic hydroxyl groups is 2. The van der Waals surface area contributed by atoms with Crippen LogP contribution in [0.5, 0.6) is 5.75 Å². The Morgan fingerprint density at radius 1 is 1.03 bits per heavy atom. The minimum absolute atomic E-state index is 0. The van der Waals surface area contributed by atoms with Gasteiger partial charge >= 0.3 is 0 Å². The van der Waals surface area contributed by atoms with E-state index in [4.69, 9.17) is 4.74 Å². The molecule has 166 valence electrons. The lowest BCUT2D eigenvalue weighted by Gasteiger charge is -2.39. The van der Waals surface area contributed by atoms with Gasteiger partial charge in [-0.05, 0) is 42.7 Å². The molecule has 3 aromatic rings. The van der Waals surface area contributed by atoms with Crippen molar-refractivity contribution >= 4 is 12.4 Å². The summed E-state index contributed by atoms with van der Waals surface area (Å²) in [5.74, 6) is 0.703. The molecule has 1 atom stereocenters. The molecule has 0 bridgehead atoms. The number of aliphatic hydroxyl groups excluding tert-OH is 1. The average Bonchev–Trinajstić information content (AvgIpc) is 3.30. The summed E-state index contributed by atoms with van der Waals surface area (Å²) in [7, 11) is 0. The predicted molar refractivity (Wildman–Crippen MR) is 121 cm³/mol. The Kier molecular flexibility index (Phi) is 8.03. The third-order valence-electron chi connectivity index (χ3n) is 5.59. The van der Waals surface area contributed by atoms with E-state index < -0.39 is 11.7 Å². The molecule has 1 saturated heterocycles. The van der Waals surface area contributed by atoms with Crippen molar-refractivity contribution in [2.45, 2.75) is 31.0 Å². The summed E-state index contributed by atoms with van der Waals surface area (Å²) in [5, 5.41) is 25.4. The summed E-state index contributed by atoms with van der Waals surface area (Å²) in [6.45, 7) is 2.31. The molecule has 0 spiro atoms. The molecule has 1 aromatic heterocycles. The maximum Gasteiger partial charge on any atom is 0.138 e. The van der Waals surface area contributed by atoms with Gasteiger partial charge in [0.2, 0.25) is 0 Å². The van der Waals surface area contributed by atoms with Crippen LogP contribution in [0.1, 0.15) is 18.4 Å². The number of benzene rings is 2. The quantitative estimate of drug-likeness (QED) is 0.555. The molecule has 0 saturated carbocycles.